The van der Waals surface area contributed by atoms with Gasteiger partial charge < -0.3 is 0 Å². The Kier molecular flexibility index (Phi) is 9.08. The van der Waals surface area contributed by atoms with Crippen molar-refractivity contribution in [1.29, 1.82) is 10.5 Å². The molecule has 0 saturated heterocycles. The molecule has 0 radical (unpaired) electrons. The maximum absolute atomic E-state index is 10.1. The van der Waals surface area contributed by atoms with Gasteiger partial charge in [-0.05, 0) is 118 Å². The third-order valence-corrected chi connectivity index (χ3v) is 12.3. The molecule has 222 valence electrons. The van der Waals surface area contributed by atoms with Crippen LogP contribution in [0.15, 0.2) is 119 Å². The van der Waals surface area contributed by atoms with Gasteiger partial charge in [0, 0.05) is 9.75 Å². The van der Waals surface area contributed by atoms with Crippen molar-refractivity contribution in [3.63, 3.8) is 0 Å². The Labute approximate surface area is 291 Å². The van der Waals surface area contributed by atoms with Crippen LogP contribution in [0.4, 0.5) is 30.0 Å². The van der Waals surface area contributed by atoms with E-state index in [4.69, 9.17) is 0 Å². The molecular formula is C36H22N4S6. The topological polar surface area (TPSA) is 54.1 Å². The van der Waals surface area contributed by atoms with Gasteiger partial charge in [-0.1, -0.05) is 24.3 Å². The van der Waals surface area contributed by atoms with E-state index in [1.54, 1.807) is 68.0 Å². The lowest BCUT2D eigenvalue weighted by molar-refractivity contribution is 1.40. The van der Waals surface area contributed by atoms with Crippen LogP contribution >= 0.6 is 68.0 Å². The first-order chi connectivity index (χ1) is 22.7. The zero-order valence-electron chi connectivity index (χ0n) is 23.9. The highest BCUT2D eigenvalue weighted by atomic mass is 32.1. The number of nitriles is 2. The second-order valence-electron chi connectivity index (χ2n) is 9.74. The van der Waals surface area contributed by atoms with E-state index in [0.29, 0.717) is 11.1 Å². The van der Waals surface area contributed by atoms with Crippen LogP contribution in [0.3, 0.4) is 0 Å². The van der Waals surface area contributed by atoms with E-state index in [0.717, 1.165) is 50.9 Å². The Hall–Kier alpha value is -4.52. The van der Waals surface area contributed by atoms with Crippen molar-refractivity contribution in [2.45, 2.75) is 0 Å². The van der Waals surface area contributed by atoms with Gasteiger partial charge in [0.15, 0.2) is 0 Å². The van der Waals surface area contributed by atoms with E-state index in [2.05, 4.69) is 116 Å². The standard InChI is InChI=1S/C36H22N4S6/c37-23-27(21-29-13-15-35(45-29)39(31-5-1-17-41-31)32-6-2-18-42-32)25-9-11-26(12-10-25)28(24-38)22-30-14-16-36(46-30)40(33-7-3-19-43-33)34-8-4-20-44-34/h1-22H/b27-21-,28-22+. The number of benzene rings is 1. The lowest BCUT2D eigenvalue weighted by Gasteiger charge is -2.19. The minimum atomic E-state index is 0.575. The van der Waals surface area contributed by atoms with E-state index >= 15 is 0 Å². The average molecular weight is 703 g/mol. The summed E-state index contributed by atoms with van der Waals surface area (Å²) < 4.78 is 0. The number of thiophene rings is 6. The summed E-state index contributed by atoms with van der Waals surface area (Å²) in [6.07, 6.45) is 3.87. The van der Waals surface area contributed by atoms with Crippen LogP contribution in [0, 0.1) is 22.7 Å². The minimum absolute atomic E-state index is 0.575. The summed E-state index contributed by atoms with van der Waals surface area (Å²) >= 11 is 10.1. The van der Waals surface area contributed by atoms with Gasteiger partial charge in [0.1, 0.15) is 30.0 Å². The van der Waals surface area contributed by atoms with Crippen LogP contribution in [0.1, 0.15) is 20.9 Å². The molecule has 6 heterocycles. The molecule has 46 heavy (non-hydrogen) atoms. The first-order valence-electron chi connectivity index (χ1n) is 14.0. The summed E-state index contributed by atoms with van der Waals surface area (Å²) in [6.45, 7) is 0. The lowest BCUT2D eigenvalue weighted by atomic mass is 10.0. The van der Waals surface area contributed by atoms with E-state index in [1.807, 2.05) is 36.4 Å². The van der Waals surface area contributed by atoms with Crippen molar-refractivity contribution in [2.24, 2.45) is 0 Å². The molecule has 0 aliphatic rings. The third-order valence-electron chi connectivity index (χ3n) is 6.89. The van der Waals surface area contributed by atoms with E-state index in [9.17, 15) is 10.5 Å². The summed E-state index contributed by atoms with van der Waals surface area (Å²) in [5.74, 6) is 0. The lowest BCUT2D eigenvalue weighted by Crippen LogP contribution is -2.04. The zero-order valence-corrected chi connectivity index (χ0v) is 28.8. The van der Waals surface area contributed by atoms with Crippen molar-refractivity contribution in [1.82, 2.24) is 0 Å². The number of allylic oxidation sites excluding steroid dienone is 2. The van der Waals surface area contributed by atoms with Crippen LogP contribution < -0.4 is 9.80 Å². The first-order valence-corrected chi connectivity index (χ1v) is 19.1. The van der Waals surface area contributed by atoms with Gasteiger partial charge in [0.05, 0.1) is 23.3 Å². The molecule has 0 amide bonds. The van der Waals surface area contributed by atoms with Gasteiger partial charge in [-0.2, -0.15) is 10.5 Å². The zero-order chi connectivity index (χ0) is 31.3. The maximum Gasteiger partial charge on any atom is 0.102 e. The molecule has 4 nitrogen and oxygen atoms in total. The Morgan fingerprint density at radius 1 is 0.457 bits per heavy atom. The summed E-state index contributed by atoms with van der Waals surface area (Å²) in [5, 5.41) is 35.3. The molecule has 0 atom stereocenters. The van der Waals surface area contributed by atoms with Crippen LogP contribution in [0.2, 0.25) is 0 Å². The summed E-state index contributed by atoms with van der Waals surface area (Å²) in [6, 6.07) is 37.5. The van der Waals surface area contributed by atoms with Gasteiger partial charge >= 0.3 is 0 Å². The normalized spacial score (nSPS) is 11.7. The third kappa shape index (κ3) is 6.41. The fourth-order valence-corrected chi connectivity index (χ4v) is 10.1. The number of hydrogen-bond donors (Lipinski definition) is 0. The van der Waals surface area contributed by atoms with Crippen LogP contribution in [-0.2, 0) is 0 Å². The molecule has 0 saturated carbocycles. The summed E-state index contributed by atoms with van der Waals surface area (Å²) in [7, 11) is 0. The van der Waals surface area contributed by atoms with Crippen molar-refractivity contribution in [2.75, 3.05) is 9.80 Å². The highest BCUT2D eigenvalue weighted by Crippen LogP contribution is 2.44. The number of rotatable bonds is 10. The van der Waals surface area contributed by atoms with Crippen LogP contribution in [-0.4, -0.2) is 0 Å². The molecule has 10 heteroatoms. The van der Waals surface area contributed by atoms with E-state index in [-0.39, 0.29) is 0 Å². The Morgan fingerprint density at radius 2 is 0.804 bits per heavy atom. The van der Waals surface area contributed by atoms with Crippen molar-refractivity contribution in [3.05, 3.63) is 139 Å². The second kappa shape index (κ2) is 13.9. The highest BCUT2D eigenvalue weighted by molar-refractivity contribution is 7.20. The molecule has 7 aromatic rings. The van der Waals surface area contributed by atoms with Crippen molar-refractivity contribution >= 4 is 121 Å². The largest absolute Gasteiger partial charge is 0.284 e. The van der Waals surface area contributed by atoms with Crippen molar-refractivity contribution < 1.29 is 0 Å². The SMILES string of the molecule is N#C/C(=C\c1ccc(N(c2cccs2)c2cccs2)s1)c1ccc(/C(C#N)=C\c2ccc(N(c3cccs3)c3cccs3)s2)cc1. The van der Waals surface area contributed by atoms with Crippen LogP contribution in [0.5, 0.6) is 0 Å². The van der Waals surface area contributed by atoms with Gasteiger partial charge in [0.2, 0.25) is 0 Å². The number of nitrogens with zero attached hydrogens (tertiary/aromatic N) is 4. The molecule has 0 spiro atoms. The molecule has 0 aliphatic heterocycles. The Bertz CT molecular complexity index is 1940. The Balaban J connectivity index is 1.12. The molecule has 1 aromatic carbocycles. The fourth-order valence-electron chi connectivity index (χ4n) is 4.79. The summed E-state index contributed by atoms with van der Waals surface area (Å²) in [5.41, 5.74) is 2.78. The fraction of sp³-hybridized carbons (Fsp3) is 0. The Morgan fingerprint density at radius 3 is 1.09 bits per heavy atom. The van der Waals surface area contributed by atoms with Gasteiger partial charge in [-0.3, -0.25) is 9.80 Å². The molecule has 0 unspecified atom stereocenters. The van der Waals surface area contributed by atoms with Gasteiger partial charge in [-0.15, -0.1) is 68.0 Å². The average Bonchev–Trinajstić information content (AvgIpc) is 3.94. The van der Waals surface area contributed by atoms with Gasteiger partial charge in [0.25, 0.3) is 0 Å². The first kappa shape index (κ1) is 30.2. The summed E-state index contributed by atoms with van der Waals surface area (Å²) in [4.78, 5) is 6.51. The molecule has 0 fully saturated rings. The molecule has 7 rings (SSSR count). The molecule has 0 N–H and O–H groups in total. The number of anilines is 6. The van der Waals surface area contributed by atoms with Gasteiger partial charge in [-0.25, -0.2) is 0 Å². The second-order valence-corrected chi connectivity index (χ2v) is 15.6. The van der Waals surface area contributed by atoms with E-state index < -0.39 is 0 Å². The number of hydrogen-bond acceptors (Lipinski definition) is 10. The predicted molar refractivity (Wildman–Crippen MR) is 203 cm³/mol. The molecule has 6 aromatic heterocycles. The minimum Gasteiger partial charge on any atom is -0.284 e. The quantitative estimate of drug-likeness (QED) is 0.133. The monoisotopic (exact) mass is 702 g/mol. The smallest absolute Gasteiger partial charge is 0.102 e. The highest BCUT2D eigenvalue weighted by Gasteiger charge is 2.18. The van der Waals surface area contributed by atoms with Crippen LogP contribution in [0.25, 0.3) is 23.3 Å². The predicted octanol–water partition coefficient (Wildman–Crippen LogP) is 13.1. The molecular weight excluding hydrogens is 681 g/mol. The maximum atomic E-state index is 10.1. The van der Waals surface area contributed by atoms with Crippen molar-refractivity contribution in [3.8, 4) is 12.1 Å². The molecule has 0 aliphatic carbocycles. The molecule has 0 bridgehead atoms. The van der Waals surface area contributed by atoms with E-state index in [1.165, 1.54) is 0 Å².